The number of benzene rings is 2. The molecule has 1 atom stereocenters. The summed E-state index contributed by atoms with van der Waals surface area (Å²) in [7, 11) is 0. The third-order valence-corrected chi connectivity index (χ3v) is 6.85. The first-order valence-electron chi connectivity index (χ1n) is 15.1. The normalized spacial score (nSPS) is 12.2. The van der Waals surface area contributed by atoms with Gasteiger partial charge in [-0.3, -0.25) is 14.5 Å². The van der Waals surface area contributed by atoms with E-state index in [1.165, 1.54) is 0 Å². The number of ether oxygens (including phenoxy) is 2. The number of oxime groups is 1. The summed E-state index contributed by atoms with van der Waals surface area (Å²) in [6.45, 7) is 22.6. The highest BCUT2D eigenvalue weighted by Crippen LogP contribution is 2.30. The molecule has 44 heavy (non-hydrogen) atoms. The fraction of sp³-hybridized carbons (Fsp3) is 0.444. The molecular weight excluding hydrogens is 554 g/mol. The summed E-state index contributed by atoms with van der Waals surface area (Å²) < 4.78 is 11.4. The van der Waals surface area contributed by atoms with E-state index in [2.05, 4.69) is 45.2 Å². The van der Waals surface area contributed by atoms with Gasteiger partial charge >= 0.3 is 0 Å². The highest BCUT2D eigenvalue weighted by atomic mass is 16.7. The van der Waals surface area contributed by atoms with Crippen LogP contribution in [-0.2, 0) is 23.9 Å². The van der Waals surface area contributed by atoms with Crippen molar-refractivity contribution in [2.75, 3.05) is 18.1 Å². The first-order chi connectivity index (χ1) is 21.0. The molecule has 0 aliphatic rings. The molecule has 0 spiro atoms. The standard InChI is InChI=1S/C18H18N2O2.C18H31NO3/c1-12(2)13(3)18(22)20(11-21)17-9-8-14(10-19)15-6-4-5-7-16(15)17;1-7-11-16(4)22-19-17(12-8-2)20-14-10-15-21-18(5,6)13-9-3/h4-9,11-13H,1-3H3;7-8,11H,2,4,9-10,12-15H2,1,3,5-6H3/b;11-7-,19-17+. The Bertz CT molecular complexity index is 1340. The third-order valence-electron chi connectivity index (χ3n) is 6.85. The molecule has 0 fully saturated rings. The Labute approximate surface area is 263 Å². The molecular formula is C36H49N3O5. The van der Waals surface area contributed by atoms with E-state index in [0.29, 0.717) is 49.0 Å². The second-order valence-corrected chi connectivity index (χ2v) is 11.2. The molecule has 0 bridgehead atoms. The molecule has 0 heterocycles. The van der Waals surface area contributed by atoms with Crippen LogP contribution in [0.1, 0.15) is 79.7 Å². The lowest BCUT2D eigenvalue weighted by Crippen LogP contribution is -2.36. The summed E-state index contributed by atoms with van der Waals surface area (Å²) in [6, 6.07) is 12.7. The fourth-order valence-corrected chi connectivity index (χ4v) is 4.17. The van der Waals surface area contributed by atoms with Crippen LogP contribution in [0.2, 0.25) is 0 Å². The molecule has 238 valence electrons. The molecule has 1 unspecified atom stereocenters. The molecule has 0 aliphatic carbocycles. The van der Waals surface area contributed by atoms with E-state index in [1.807, 2.05) is 58.0 Å². The van der Waals surface area contributed by atoms with Crippen LogP contribution in [0.25, 0.3) is 10.8 Å². The Kier molecular flexibility index (Phi) is 17.1. The second kappa shape index (κ2) is 19.9. The van der Waals surface area contributed by atoms with Crippen LogP contribution in [0, 0.1) is 23.2 Å². The number of nitrogens with zero attached hydrogens (tertiary/aromatic N) is 3. The minimum Gasteiger partial charge on any atom is -0.478 e. The number of amides is 2. The number of hydrogen-bond donors (Lipinski definition) is 0. The van der Waals surface area contributed by atoms with Crippen LogP contribution in [0.4, 0.5) is 5.69 Å². The van der Waals surface area contributed by atoms with Gasteiger partial charge in [-0.25, -0.2) is 0 Å². The number of rotatable bonds is 16. The molecule has 0 N–H and O–H groups in total. The minimum absolute atomic E-state index is 0.0693. The lowest BCUT2D eigenvalue weighted by molar-refractivity contribution is -0.125. The van der Waals surface area contributed by atoms with Gasteiger partial charge in [0.1, 0.15) is 0 Å². The van der Waals surface area contributed by atoms with Crippen molar-refractivity contribution < 1.29 is 23.9 Å². The summed E-state index contributed by atoms with van der Waals surface area (Å²) in [5.74, 6) is 0.602. The number of carbonyl (C=O) groups is 2. The smallest absolute Gasteiger partial charge is 0.236 e. The van der Waals surface area contributed by atoms with Gasteiger partial charge in [0, 0.05) is 29.5 Å². The average Bonchev–Trinajstić information content (AvgIpc) is 2.99. The number of imide groups is 1. The predicted molar refractivity (Wildman–Crippen MR) is 179 cm³/mol. The van der Waals surface area contributed by atoms with Gasteiger partial charge < -0.3 is 14.3 Å². The fourth-order valence-electron chi connectivity index (χ4n) is 4.17. The van der Waals surface area contributed by atoms with E-state index in [4.69, 9.17) is 14.3 Å². The van der Waals surface area contributed by atoms with Crippen molar-refractivity contribution in [1.29, 1.82) is 5.26 Å². The zero-order chi connectivity index (χ0) is 33.1. The van der Waals surface area contributed by atoms with E-state index < -0.39 is 0 Å². The first kappa shape index (κ1) is 37.8. The first-order valence-corrected chi connectivity index (χ1v) is 15.1. The van der Waals surface area contributed by atoms with E-state index >= 15 is 0 Å². The third kappa shape index (κ3) is 12.6. The second-order valence-electron chi connectivity index (χ2n) is 11.2. The highest BCUT2D eigenvalue weighted by molar-refractivity contribution is 6.14. The molecule has 0 saturated heterocycles. The molecule has 0 aromatic heterocycles. The Morgan fingerprint density at radius 2 is 1.82 bits per heavy atom. The maximum atomic E-state index is 12.5. The molecule has 8 nitrogen and oxygen atoms in total. The molecule has 2 amide bonds. The van der Waals surface area contributed by atoms with E-state index in [9.17, 15) is 14.9 Å². The van der Waals surface area contributed by atoms with Crippen LogP contribution in [0.3, 0.4) is 0 Å². The summed E-state index contributed by atoms with van der Waals surface area (Å²) >= 11 is 0. The van der Waals surface area contributed by atoms with Gasteiger partial charge in [0.2, 0.25) is 18.2 Å². The summed E-state index contributed by atoms with van der Waals surface area (Å²) in [5.41, 5.74) is 0.969. The molecule has 0 radical (unpaired) electrons. The number of nitriles is 1. The average molecular weight is 604 g/mol. The van der Waals surface area contributed by atoms with E-state index in [0.717, 1.165) is 34.9 Å². The summed E-state index contributed by atoms with van der Waals surface area (Å²) in [5, 5.41) is 14.6. The highest BCUT2D eigenvalue weighted by Gasteiger charge is 2.25. The van der Waals surface area contributed by atoms with Gasteiger partial charge in [0.05, 0.1) is 36.1 Å². The molecule has 2 aromatic rings. The number of hydrogen-bond acceptors (Lipinski definition) is 7. The summed E-state index contributed by atoms with van der Waals surface area (Å²) in [6.07, 6.45) is 9.34. The van der Waals surface area contributed by atoms with Gasteiger partial charge in [0.25, 0.3) is 0 Å². The Balaban J connectivity index is 0.000000440. The number of carbonyl (C=O) groups excluding carboxylic acids is 2. The summed E-state index contributed by atoms with van der Waals surface area (Å²) in [4.78, 5) is 30.3. The van der Waals surface area contributed by atoms with Gasteiger partial charge in [-0.1, -0.05) is 77.1 Å². The van der Waals surface area contributed by atoms with Crippen molar-refractivity contribution in [2.24, 2.45) is 17.0 Å². The van der Waals surface area contributed by atoms with E-state index in [1.54, 1.807) is 24.3 Å². The van der Waals surface area contributed by atoms with Gasteiger partial charge in [-0.2, -0.15) is 5.26 Å². The van der Waals surface area contributed by atoms with Crippen molar-refractivity contribution in [2.45, 2.75) is 79.8 Å². The molecule has 0 aliphatic heterocycles. The van der Waals surface area contributed by atoms with Crippen LogP contribution in [0.5, 0.6) is 0 Å². The zero-order valence-corrected chi connectivity index (χ0v) is 27.5. The van der Waals surface area contributed by atoms with Crippen LogP contribution in [0.15, 0.2) is 78.7 Å². The predicted octanol–water partition coefficient (Wildman–Crippen LogP) is 8.48. The monoisotopic (exact) mass is 603 g/mol. The lowest BCUT2D eigenvalue weighted by Gasteiger charge is -2.24. The van der Waals surface area contributed by atoms with Crippen molar-refractivity contribution in [3.63, 3.8) is 0 Å². The van der Waals surface area contributed by atoms with Crippen molar-refractivity contribution in [3.8, 4) is 6.07 Å². The maximum Gasteiger partial charge on any atom is 0.236 e. The van der Waals surface area contributed by atoms with Gasteiger partial charge in [-0.15, -0.1) is 6.58 Å². The Hall–Kier alpha value is -4.22. The van der Waals surface area contributed by atoms with Crippen LogP contribution < -0.4 is 4.90 Å². The van der Waals surface area contributed by atoms with Gasteiger partial charge in [-0.05, 0) is 56.5 Å². The molecule has 8 heteroatoms. The largest absolute Gasteiger partial charge is 0.478 e. The SMILES string of the molecule is C=CC/C(=N\OC(=C)/C=C\C)OCCCOC(C)(C)CCC.CC(C)C(C)C(=O)N(C=O)c1ccc(C#N)c2ccccc12. The van der Waals surface area contributed by atoms with Crippen LogP contribution >= 0.6 is 0 Å². The van der Waals surface area contributed by atoms with Crippen molar-refractivity contribution in [1.82, 2.24) is 0 Å². The molecule has 0 saturated carbocycles. The lowest BCUT2D eigenvalue weighted by atomic mass is 9.96. The zero-order valence-electron chi connectivity index (χ0n) is 27.5. The van der Waals surface area contributed by atoms with Crippen LogP contribution in [-0.4, -0.2) is 37.0 Å². The van der Waals surface area contributed by atoms with E-state index in [-0.39, 0.29) is 23.3 Å². The van der Waals surface area contributed by atoms with Crippen molar-refractivity contribution >= 4 is 34.7 Å². The number of anilines is 1. The Morgan fingerprint density at radius 3 is 2.39 bits per heavy atom. The number of fused-ring (bicyclic) bond motifs is 1. The number of allylic oxidation sites excluding steroid dienone is 2. The molecule has 2 rings (SSSR count). The van der Waals surface area contributed by atoms with Crippen molar-refractivity contribution in [3.05, 3.63) is 79.1 Å². The quantitative estimate of drug-likeness (QED) is 0.0279. The topological polar surface area (TPSA) is 101 Å². The Morgan fingerprint density at radius 1 is 1.14 bits per heavy atom. The minimum atomic E-state index is -0.264. The molecule has 2 aromatic carbocycles. The van der Waals surface area contributed by atoms with Gasteiger partial charge in [0.15, 0.2) is 5.76 Å². The maximum absolute atomic E-state index is 12.5.